The lowest BCUT2D eigenvalue weighted by Gasteiger charge is -2.35. The van der Waals surface area contributed by atoms with Crippen LogP contribution >= 0.6 is 0 Å². The molecular formula is C27H33F5N4O3. The topological polar surface area (TPSA) is 96.7 Å². The van der Waals surface area contributed by atoms with Crippen molar-refractivity contribution < 1.29 is 36.3 Å². The average Bonchev–Trinajstić information content (AvgIpc) is 3.30. The van der Waals surface area contributed by atoms with Gasteiger partial charge in [0.05, 0.1) is 0 Å². The van der Waals surface area contributed by atoms with Crippen molar-refractivity contribution in [2.24, 2.45) is 5.73 Å². The lowest BCUT2D eigenvalue weighted by atomic mass is 9.91. The highest BCUT2D eigenvalue weighted by Gasteiger charge is 2.45. The molecule has 39 heavy (non-hydrogen) atoms. The fraction of sp³-hybridized carbons (Fsp3) is 0.481. The number of hydrogen-bond acceptors (Lipinski definition) is 5. The van der Waals surface area contributed by atoms with E-state index in [4.69, 9.17) is 10.5 Å². The lowest BCUT2D eigenvalue weighted by molar-refractivity contribution is -0.143. The number of nitrogens with two attached hydrogens (primary N) is 1. The summed E-state index contributed by atoms with van der Waals surface area (Å²) in [4.78, 5) is 27.5. The Hall–Kier alpha value is -3.25. The van der Waals surface area contributed by atoms with E-state index in [1.54, 1.807) is 6.92 Å². The summed E-state index contributed by atoms with van der Waals surface area (Å²) in [6.45, 7) is 3.20. The number of carbonyl (C=O) groups is 2. The molecule has 1 aliphatic rings. The van der Waals surface area contributed by atoms with Gasteiger partial charge in [-0.15, -0.1) is 0 Å². The maximum atomic E-state index is 14.2. The van der Waals surface area contributed by atoms with Crippen LogP contribution in [0.1, 0.15) is 57.1 Å². The van der Waals surface area contributed by atoms with E-state index in [1.165, 1.54) is 4.90 Å². The largest absolute Gasteiger partial charge is 0.433 e. The number of benzene rings is 2. The fourth-order valence-corrected chi connectivity index (χ4v) is 4.57. The van der Waals surface area contributed by atoms with Crippen LogP contribution in [0.5, 0.6) is 0 Å². The summed E-state index contributed by atoms with van der Waals surface area (Å²) in [6, 6.07) is 9.14. The summed E-state index contributed by atoms with van der Waals surface area (Å²) in [5.74, 6) is -10.7. The first-order chi connectivity index (χ1) is 18.4. The molecule has 0 bridgehead atoms. The molecule has 1 aliphatic heterocycles. The molecule has 2 atom stereocenters. The molecule has 2 amide bonds. The Morgan fingerprint density at radius 3 is 2.23 bits per heavy atom. The van der Waals surface area contributed by atoms with Gasteiger partial charge in [-0.2, -0.15) is 0 Å². The molecule has 4 N–H and O–H groups in total. The minimum atomic E-state index is -2.23. The van der Waals surface area contributed by atoms with Crippen LogP contribution in [0.25, 0.3) is 0 Å². The standard InChI is InChI=1S/C27H33F5N4O3/c1-3-5-11-26(4-2,39-25(38)34-14-17-9-7-6-8-10-17)24(37)35-27(33)12-13-36(16-27)15-18-19(28)21(30)23(32)22(31)20(18)29/h6-10H,3-5,11-16,33H2,1-2H3,(H,34,38)(H,35,37). The highest BCUT2D eigenvalue weighted by atomic mass is 19.2. The van der Waals surface area contributed by atoms with E-state index in [-0.39, 0.29) is 38.9 Å². The van der Waals surface area contributed by atoms with Gasteiger partial charge in [-0.1, -0.05) is 50.6 Å². The number of halogens is 5. The molecule has 0 aromatic heterocycles. The zero-order valence-electron chi connectivity index (χ0n) is 21.9. The predicted molar refractivity (Wildman–Crippen MR) is 133 cm³/mol. The Morgan fingerprint density at radius 1 is 1.03 bits per heavy atom. The first-order valence-corrected chi connectivity index (χ1v) is 12.8. The third-order valence-electron chi connectivity index (χ3n) is 6.91. The fourth-order valence-electron chi connectivity index (χ4n) is 4.57. The molecule has 0 spiro atoms. The smallest absolute Gasteiger partial charge is 0.408 e. The molecule has 0 saturated carbocycles. The second-order valence-electron chi connectivity index (χ2n) is 9.80. The third kappa shape index (κ3) is 7.04. The molecule has 1 saturated heterocycles. The van der Waals surface area contributed by atoms with Crippen LogP contribution in [-0.2, 0) is 22.6 Å². The maximum absolute atomic E-state index is 14.2. The zero-order valence-corrected chi connectivity index (χ0v) is 21.9. The van der Waals surface area contributed by atoms with Crippen molar-refractivity contribution in [3.63, 3.8) is 0 Å². The number of alkyl carbamates (subject to hydrolysis) is 1. The summed E-state index contributed by atoms with van der Waals surface area (Å²) >= 11 is 0. The summed E-state index contributed by atoms with van der Waals surface area (Å²) < 4.78 is 74.6. The van der Waals surface area contributed by atoms with Gasteiger partial charge in [-0.25, -0.2) is 26.7 Å². The van der Waals surface area contributed by atoms with Crippen LogP contribution in [-0.4, -0.2) is 41.3 Å². The van der Waals surface area contributed by atoms with Crippen molar-refractivity contribution in [3.05, 3.63) is 70.5 Å². The second-order valence-corrected chi connectivity index (χ2v) is 9.80. The van der Waals surface area contributed by atoms with E-state index in [2.05, 4.69) is 10.6 Å². The van der Waals surface area contributed by atoms with Crippen molar-refractivity contribution >= 4 is 12.0 Å². The molecule has 3 rings (SSSR count). The minimum absolute atomic E-state index is 0.114. The number of rotatable bonds is 11. The second kappa shape index (κ2) is 12.7. The SMILES string of the molecule is CCCCC(CC)(OC(=O)NCc1ccccc1)C(=O)NC1(N)CCN(Cc2c(F)c(F)c(F)c(F)c2F)C1. The summed E-state index contributed by atoms with van der Waals surface area (Å²) in [5.41, 5.74) is 3.33. The molecule has 2 aromatic rings. The van der Waals surface area contributed by atoms with Gasteiger partial charge in [0.1, 0.15) is 5.66 Å². The molecule has 2 unspecified atom stereocenters. The zero-order chi connectivity index (χ0) is 28.8. The highest BCUT2D eigenvalue weighted by molar-refractivity contribution is 5.88. The Morgan fingerprint density at radius 2 is 1.64 bits per heavy atom. The van der Waals surface area contributed by atoms with Crippen LogP contribution in [0.15, 0.2) is 30.3 Å². The number of nitrogens with one attached hydrogen (secondary N) is 2. The van der Waals surface area contributed by atoms with Crippen LogP contribution in [0.4, 0.5) is 26.7 Å². The quantitative estimate of drug-likeness (QED) is 0.162. The van der Waals surface area contributed by atoms with Gasteiger partial charge in [0.25, 0.3) is 5.91 Å². The molecule has 2 aromatic carbocycles. The van der Waals surface area contributed by atoms with Gasteiger partial charge in [0.2, 0.25) is 5.82 Å². The van der Waals surface area contributed by atoms with Gasteiger partial charge < -0.3 is 21.1 Å². The number of amides is 2. The number of hydrogen-bond donors (Lipinski definition) is 3. The van der Waals surface area contributed by atoms with Crippen molar-refractivity contribution in [2.75, 3.05) is 13.1 Å². The van der Waals surface area contributed by atoms with Crippen molar-refractivity contribution in [2.45, 2.75) is 70.3 Å². The number of unbranched alkanes of at least 4 members (excludes halogenated alkanes) is 1. The summed E-state index contributed by atoms with van der Waals surface area (Å²) in [5, 5.41) is 5.35. The third-order valence-corrected chi connectivity index (χ3v) is 6.91. The highest BCUT2D eigenvalue weighted by Crippen LogP contribution is 2.29. The van der Waals surface area contributed by atoms with Gasteiger partial charge in [0, 0.05) is 31.7 Å². The van der Waals surface area contributed by atoms with Crippen molar-refractivity contribution in [1.29, 1.82) is 0 Å². The van der Waals surface area contributed by atoms with Crippen molar-refractivity contribution in [1.82, 2.24) is 15.5 Å². The first-order valence-electron chi connectivity index (χ1n) is 12.8. The summed E-state index contributed by atoms with van der Waals surface area (Å²) in [7, 11) is 0. The maximum Gasteiger partial charge on any atom is 0.408 e. The van der Waals surface area contributed by atoms with Crippen molar-refractivity contribution in [3.8, 4) is 0 Å². The van der Waals surface area contributed by atoms with Crippen LogP contribution < -0.4 is 16.4 Å². The molecule has 1 fully saturated rings. The van der Waals surface area contributed by atoms with E-state index < -0.39 is 64.5 Å². The Kier molecular flexibility index (Phi) is 9.89. The lowest BCUT2D eigenvalue weighted by Crippen LogP contribution is -2.63. The number of nitrogens with zero attached hydrogens (tertiary/aromatic N) is 1. The first kappa shape index (κ1) is 30.3. The molecule has 7 nitrogen and oxygen atoms in total. The Bertz CT molecular complexity index is 1160. The minimum Gasteiger partial charge on any atom is -0.433 e. The van der Waals surface area contributed by atoms with Gasteiger partial charge in [0.15, 0.2) is 28.9 Å². The van der Waals surface area contributed by atoms with Gasteiger partial charge >= 0.3 is 6.09 Å². The van der Waals surface area contributed by atoms with Gasteiger partial charge in [-0.3, -0.25) is 9.69 Å². The number of likely N-dealkylation sites (tertiary alicyclic amines) is 1. The average molecular weight is 557 g/mol. The normalized spacial score (nSPS) is 19.0. The molecule has 1 heterocycles. The van der Waals surface area contributed by atoms with Crippen LogP contribution in [0.2, 0.25) is 0 Å². The van der Waals surface area contributed by atoms with E-state index in [0.717, 1.165) is 12.0 Å². The molecule has 0 aliphatic carbocycles. The van der Waals surface area contributed by atoms with Gasteiger partial charge in [-0.05, 0) is 31.2 Å². The number of carbonyl (C=O) groups excluding carboxylic acids is 2. The summed E-state index contributed by atoms with van der Waals surface area (Å²) in [6.07, 6.45) is 1.04. The Balaban J connectivity index is 1.70. The van der Waals surface area contributed by atoms with E-state index in [0.29, 0.717) is 6.42 Å². The molecule has 12 heteroatoms. The van der Waals surface area contributed by atoms with E-state index >= 15 is 0 Å². The molecule has 214 valence electrons. The van der Waals surface area contributed by atoms with Crippen LogP contribution in [0, 0.1) is 29.1 Å². The number of ether oxygens (including phenoxy) is 1. The molecular weight excluding hydrogens is 523 g/mol. The van der Waals surface area contributed by atoms with E-state index in [9.17, 15) is 31.5 Å². The van der Waals surface area contributed by atoms with E-state index in [1.807, 2.05) is 37.3 Å². The molecule has 0 radical (unpaired) electrons. The Labute approximate surface area is 223 Å². The van der Waals surface area contributed by atoms with Crippen LogP contribution in [0.3, 0.4) is 0 Å². The predicted octanol–water partition coefficient (Wildman–Crippen LogP) is 4.62. The monoisotopic (exact) mass is 556 g/mol.